The fraction of sp³-hybridized carbons (Fsp3) is 0.333. The van der Waals surface area contributed by atoms with Gasteiger partial charge in [-0.2, -0.15) is 0 Å². The average Bonchev–Trinajstić information content (AvgIpc) is 2.23. The van der Waals surface area contributed by atoms with Crippen molar-refractivity contribution < 1.29 is 5.21 Å². The highest BCUT2D eigenvalue weighted by Crippen LogP contribution is 2.12. The summed E-state index contributed by atoms with van der Waals surface area (Å²) in [6, 6.07) is 1.96. The summed E-state index contributed by atoms with van der Waals surface area (Å²) in [5, 5.41) is 12.0. The van der Waals surface area contributed by atoms with Crippen molar-refractivity contribution in [2.24, 2.45) is 5.16 Å². The lowest BCUT2D eigenvalue weighted by Gasteiger charge is -2.03. The minimum Gasteiger partial charge on any atom is -0.411 e. The molecular weight excluding hydrogens is 188 g/mol. The van der Waals surface area contributed by atoms with Gasteiger partial charge >= 0.3 is 0 Å². The summed E-state index contributed by atoms with van der Waals surface area (Å²) in [6.45, 7) is 5.93. The van der Waals surface area contributed by atoms with Crippen LogP contribution in [0.25, 0.3) is 6.08 Å². The molecule has 0 aliphatic rings. The minimum atomic E-state index is 0.707. The molecule has 0 unspecified atom stereocenters. The predicted octanol–water partition coefficient (Wildman–Crippen LogP) is 3.03. The molecule has 0 spiro atoms. The summed E-state index contributed by atoms with van der Waals surface area (Å²) >= 11 is 0. The van der Waals surface area contributed by atoms with Crippen LogP contribution in [0.3, 0.4) is 0 Å². The van der Waals surface area contributed by atoms with E-state index in [1.165, 1.54) is 0 Å². The molecule has 1 aromatic heterocycles. The zero-order valence-corrected chi connectivity index (χ0v) is 9.36. The third-order valence-corrected chi connectivity index (χ3v) is 2.36. The van der Waals surface area contributed by atoms with Gasteiger partial charge in [-0.25, -0.2) is 0 Å². The van der Waals surface area contributed by atoms with Gasteiger partial charge in [-0.15, -0.1) is 0 Å². The number of aryl methyl sites for hydroxylation is 1. The molecule has 0 fully saturated rings. The molecule has 3 nitrogen and oxygen atoms in total. The molecule has 0 aliphatic heterocycles. The largest absolute Gasteiger partial charge is 0.411 e. The van der Waals surface area contributed by atoms with E-state index in [1.807, 2.05) is 39.1 Å². The molecule has 1 aromatic rings. The number of hydrogen-bond donors (Lipinski definition) is 1. The summed E-state index contributed by atoms with van der Waals surface area (Å²) in [7, 11) is 0. The molecular formula is C12H16N2O. The number of aromatic nitrogens is 1. The second kappa shape index (κ2) is 5.29. The third kappa shape index (κ3) is 2.91. The number of hydrogen-bond acceptors (Lipinski definition) is 3. The fourth-order valence-corrected chi connectivity index (χ4v) is 1.37. The van der Waals surface area contributed by atoms with Gasteiger partial charge in [0, 0.05) is 12.4 Å². The third-order valence-electron chi connectivity index (χ3n) is 2.36. The zero-order valence-electron chi connectivity index (χ0n) is 9.36. The zero-order chi connectivity index (χ0) is 11.3. The molecule has 1 rings (SSSR count). The molecule has 0 saturated heterocycles. The Hall–Kier alpha value is -1.64. The number of nitrogens with zero attached hydrogens (tertiary/aromatic N) is 2. The summed E-state index contributed by atoms with van der Waals surface area (Å²) in [6.07, 6.45) is 6.28. The van der Waals surface area contributed by atoms with Gasteiger partial charge in [-0.05, 0) is 49.1 Å². The molecule has 0 atom stereocenters. The van der Waals surface area contributed by atoms with Crippen LogP contribution in [0.2, 0.25) is 0 Å². The van der Waals surface area contributed by atoms with Crippen molar-refractivity contribution in [3.8, 4) is 0 Å². The molecule has 1 heterocycles. The van der Waals surface area contributed by atoms with Gasteiger partial charge in [-0.1, -0.05) is 12.1 Å². The van der Waals surface area contributed by atoms with Crippen molar-refractivity contribution >= 4 is 11.8 Å². The highest BCUT2D eigenvalue weighted by atomic mass is 16.4. The van der Waals surface area contributed by atoms with Gasteiger partial charge in [0.15, 0.2) is 0 Å². The Bertz CT molecular complexity index is 394. The first kappa shape index (κ1) is 11.4. The van der Waals surface area contributed by atoms with Crippen molar-refractivity contribution in [1.82, 2.24) is 4.98 Å². The lowest BCUT2D eigenvalue weighted by molar-refractivity contribution is 0.318. The van der Waals surface area contributed by atoms with Crippen LogP contribution >= 0.6 is 0 Å². The lowest BCUT2D eigenvalue weighted by Crippen LogP contribution is -1.98. The summed E-state index contributed by atoms with van der Waals surface area (Å²) in [5.74, 6) is 0. The lowest BCUT2D eigenvalue weighted by atomic mass is 10.0. The Morgan fingerprint density at radius 2 is 2.33 bits per heavy atom. The molecule has 1 N–H and O–H groups in total. The average molecular weight is 204 g/mol. The second-order valence-corrected chi connectivity index (χ2v) is 3.46. The summed E-state index contributed by atoms with van der Waals surface area (Å²) in [4.78, 5) is 4.06. The molecule has 3 heteroatoms. The van der Waals surface area contributed by atoms with Crippen molar-refractivity contribution in [3.05, 3.63) is 35.2 Å². The Kier molecular flexibility index (Phi) is 4.03. The number of oxime groups is 1. The molecule has 80 valence electrons. The van der Waals surface area contributed by atoms with Crippen LogP contribution in [0, 0.1) is 6.92 Å². The van der Waals surface area contributed by atoms with Crippen LogP contribution in [-0.2, 0) is 0 Å². The van der Waals surface area contributed by atoms with Gasteiger partial charge in [0.25, 0.3) is 0 Å². The highest BCUT2D eigenvalue weighted by Gasteiger charge is 2.01. The molecule has 0 saturated carbocycles. The first-order valence-corrected chi connectivity index (χ1v) is 4.99. The van der Waals surface area contributed by atoms with E-state index in [2.05, 4.69) is 10.1 Å². The van der Waals surface area contributed by atoms with Gasteiger partial charge < -0.3 is 5.21 Å². The molecule has 0 amide bonds. The van der Waals surface area contributed by atoms with Gasteiger partial charge in [0.2, 0.25) is 0 Å². The maximum Gasteiger partial charge on any atom is 0.0822 e. The second-order valence-electron chi connectivity index (χ2n) is 3.46. The van der Waals surface area contributed by atoms with E-state index in [0.29, 0.717) is 5.71 Å². The van der Waals surface area contributed by atoms with Crippen molar-refractivity contribution in [3.63, 3.8) is 0 Å². The van der Waals surface area contributed by atoms with Crippen molar-refractivity contribution in [2.45, 2.75) is 27.2 Å². The number of pyridine rings is 1. The smallest absolute Gasteiger partial charge is 0.0822 e. The first-order valence-electron chi connectivity index (χ1n) is 4.99. The molecule has 0 bridgehead atoms. The van der Waals surface area contributed by atoms with Crippen LogP contribution in [0.15, 0.2) is 29.2 Å². The number of allylic oxidation sites excluding steroid dienone is 1. The quantitative estimate of drug-likeness (QED) is 0.467. The minimum absolute atomic E-state index is 0.707. The Morgan fingerprint density at radius 3 is 2.87 bits per heavy atom. The standard InChI is InChI=1S/C12H16N2O/c1-4-12(14-15)10(3)7-11-8-13-6-5-9(11)2/h5-8,15H,4H2,1-3H3. The maximum absolute atomic E-state index is 8.78. The number of rotatable bonds is 3. The predicted molar refractivity (Wildman–Crippen MR) is 62.1 cm³/mol. The van der Waals surface area contributed by atoms with Gasteiger partial charge in [-0.3, -0.25) is 4.98 Å². The molecule has 0 radical (unpaired) electrons. The fourth-order valence-electron chi connectivity index (χ4n) is 1.37. The van der Waals surface area contributed by atoms with E-state index in [9.17, 15) is 0 Å². The van der Waals surface area contributed by atoms with Gasteiger partial charge in [0.05, 0.1) is 5.71 Å². The van der Waals surface area contributed by atoms with E-state index in [4.69, 9.17) is 5.21 Å². The van der Waals surface area contributed by atoms with E-state index in [0.717, 1.165) is 23.1 Å². The van der Waals surface area contributed by atoms with Crippen LogP contribution in [0.1, 0.15) is 31.4 Å². The Morgan fingerprint density at radius 1 is 1.60 bits per heavy atom. The van der Waals surface area contributed by atoms with Crippen molar-refractivity contribution in [1.29, 1.82) is 0 Å². The molecule has 0 aliphatic carbocycles. The van der Waals surface area contributed by atoms with Crippen LogP contribution < -0.4 is 0 Å². The SMILES string of the molecule is CCC(=NO)C(C)=Cc1cnccc1C. The van der Waals surface area contributed by atoms with E-state index < -0.39 is 0 Å². The van der Waals surface area contributed by atoms with Crippen LogP contribution in [-0.4, -0.2) is 15.9 Å². The monoisotopic (exact) mass is 204 g/mol. The normalized spacial score (nSPS) is 13.0. The topological polar surface area (TPSA) is 45.5 Å². The van der Waals surface area contributed by atoms with Crippen LogP contribution in [0.4, 0.5) is 0 Å². The molecule has 0 aromatic carbocycles. The Labute approximate surface area is 90.2 Å². The first-order chi connectivity index (χ1) is 7.19. The summed E-state index contributed by atoms with van der Waals surface area (Å²) in [5.41, 5.74) is 3.90. The van der Waals surface area contributed by atoms with E-state index in [-0.39, 0.29) is 0 Å². The van der Waals surface area contributed by atoms with E-state index in [1.54, 1.807) is 6.20 Å². The highest BCUT2D eigenvalue weighted by molar-refractivity contribution is 6.02. The van der Waals surface area contributed by atoms with Gasteiger partial charge in [0.1, 0.15) is 0 Å². The Balaban J connectivity index is 3.02. The summed E-state index contributed by atoms with van der Waals surface area (Å²) < 4.78 is 0. The maximum atomic E-state index is 8.78. The van der Waals surface area contributed by atoms with Crippen LogP contribution in [0.5, 0.6) is 0 Å². The molecule has 15 heavy (non-hydrogen) atoms. The van der Waals surface area contributed by atoms with E-state index >= 15 is 0 Å². The van der Waals surface area contributed by atoms with Crippen molar-refractivity contribution in [2.75, 3.05) is 0 Å².